The van der Waals surface area contributed by atoms with Crippen molar-refractivity contribution in [1.82, 2.24) is 10.5 Å². The lowest BCUT2D eigenvalue weighted by molar-refractivity contribution is -0.133. The first-order valence-corrected chi connectivity index (χ1v) is 13.7. The molecule has 7 nitrogen and oxygen atoms in total. The summed E-state index contributed by atoms with van der Waals surface area (Å²) in [6, 6.07) is 21.7. The third-order valence-electron chi connectivity index (χ3n) is 7.23. The highest BCUT2D eigenvalue weighted by Crippen LogP contribution is 2.45. The Kier molecular flexibility index (Phi) is 9.04. The predicted octanol–water partition coefficient (Wildman–Crippen LogP) is 6.17. The summed E-state index contributed by atoms with van der Waals surface area (Å²) in [6.07, 6.45) is 4.05. The molecule has 2 unspecified atom stereocenters. The van der Waals surface area contributed by atoms with Gasteiger partial charge in [0.1, 0.15) is 11.6 Å². The third-order valence-corrected chi connectivity index (χ3v) is 7.23. The molecule has 1 heterocycles. The van der Waals surface area contributed by atoms with Crippen molar-refractivity contribution in [3.05, 3.63) is 102 Å². The van der Waals surface area contributed by atoms with E-state index in [0.717, 1.165) is 57.4 Å². The number of pyridine rings is 1. The number of benzene rings is 3. The van der Waals surface area contributed by atoms with E-state index >= 15 is 0 Å². The molecule has 4 aromatic rings. The fourth-order valence-corrected chi connectivity index (χ4v) is 4.96. The molecule has 41 heavy (non-hydrogen) atoms. The molecule has 1 aliphatic rings. The third kappa shape index (κ3) is 7.16. The summed E-state index contributed by atoms with van der Waals surface area (Å²) in [5.41, 5.74) is 7.04. The van der Waals surface area contributed by atoms with Gasteiger partial charge in [0, 0.05) is 28.9 Å². The molecular weight excluding hydrogens is 523 g/mol. The number of hydrogen-bond acceptors (Lipinski definition) is 6. The second-order valence-electron chi connectivity index (χ2n) is 10.3. The number of aliphatic hydroxyl groups is 1. The zero-order valence-corrected chi connectivity index (χ0v) is 22.8. The molecule has 1 fully saturated rings. The van der Waals surface area contributed by atoms with Crippen LogP contribution >= 0.6 is 0 Å². The molecule has 212 valence electrons. The minimum absolute atomic E-state index is 0.122. The summed E-state index contributed by atoms with van der Waals surface area (Å²) in [5, 5.41) is 21.1. The Bertz CT molecular complexity index is 1520. The van der Waals surface area contributed by atoms with E-state index in [9.17, 15) is 14.3 Å². The average Bonchev–Trinajstić information content (AvgIpc) is 3.84. The Morgan fingerprint density at radius 3 is 2.51 bits per heavy atom. The second-order valence-corrected chi connectivity index (χ2v) is 10.3. The molecule has 2 atom stereocenters. The number of aromatic nitrogens is 1. The minimum atomic E-state index is -0.943. The number of nitrogens with one attached hydrogen (secondary N) is 1. The van der Waals surface area contributed by atoms with Crippen LogP contribution in [0.1, 0.15) is 48.4 Å². The van der Waals surface area contributed by atoms with Crippen molar-refractivity contribution >= 4 is 22.9 Å². The van der Waals surface area contributed by atoms with Gasteiger partial charge in [0.25, 0.3) is 0 Å². The molecule has 0 aliphatic heterocycles. The van der Waals surface area contributed by atoms with Gasteiger partial charge in [0.15, 0.2) is 0 Å². The van der Waals surface area contributed by atoms with Gasteiger partial charge in [-0.3, -0.25) is 15.0 Å². The standard InChI is InChI=1S/C33H33FN2O5/c1-40-26-15-6-21(7-16-26)20-41-27(19-31(38)36-39)18-25(37)14-17-29-32(22-10-12-24(34)13-11-22)28-4-2-3-5-30(28)35-33(29)23-8-9-23/h2-7,10-17,23,25,27,37,39H,8-9,18-20H2,1H3,(H,36,38)/b17-14+. The number of para-hydroxylation sites is 1. The lowest BCUT2D eigenvalue weighted by Crippen LogP contribution is -2.28. The van der Waals surface area contributed by atoms with Crippen molar-refractivity contribution in [2.75, 3.05) is 7.11 Å². The molecule has 0 bridgehead atoms. The van der Waals surface area contributed by atoms with Crippen molar-refractivity contribution < 1.29 is 29.0 Å². The van der Waals surface area contributed by atoms with E-state index in [2.05, 4.69) is 0 Å². The number of amides is 1. The van der Waals surface area contributed by atoms with Crippen LogP contribution in [0.25, 0.3) is 28.1 Å². The van der Waals surface area contributed by atoms with Crippen LogP contribution in [-0.4, -0.2) is 40.5 Å². The fourth-order valence-electron chi connectivity index (χ4n) is 4.96. The number of hydrogen-bond donors (Lipinski definition) is 3. The molecule has 0 spiro atoms. The highest BCUT2D eigenvalue weighted by Gasteiger charge is 2.29. The summed E-state index contributed by atoms with van der Waals surface area (Å²) in [6.45, 7) is 0.221. The SMILES string of the molecule is COc1ccc(COC(CC(=O)NO)CC(O)/C=C/c2c(C3CC3)nc3ccccc3c2-c2ccc(F)cc2)cc1. The van der Waals surface area contributed by atoms with E-state index in [0.29, 0.717) is 5.92 Å². The number of fused-ring (bicyclic) bond motifs is 1. The minimum Gasteiger partial charge on any atom is -0.497 e. The number of rotatable bonds is 12. The van der Waals surface area contributed by atoms with Crippen LogP contribution in [-0.2, 0) is 16.1 Å². The van der Waals surface area contributed by atoms with E-state index in [1.165, 1.54) is 12.1 Å². The Labute approximate surface area is 238 Å². The van der Waals surface area contributed by atoms with Gasteiger partial charge in [-0.15, -0.1) is 0 Å². The first-order chi connectivity index (χ1) is 19.9. The number of hydroxylamine groups is 1. The Balaban J connectivity index is 1.42. The summed E-state index contributed by atoms with van der Waals surface area (Å²) >= 11 is 0. The van der Waals surface area contributed by atoms with Crippen LogP contribution in [0, 0.1) is 5.82 Å². The number of methoxy groups -OCH3 is 1. The number of halogens is 1. The van der Waals surface area contributed by atoms with Gasteiger partial charge >= 0.3 is 0 Å². The van der Waals surface area contributed by atoms with Gasteiger partial charge in [0.05, 0.1) is 43.6 Å². The Hall–Kier alpha value is -4.11. The molecule has 1 aliphatic carbocycles. The van der Waals surface area contributed by atoms with Crippen LogP contribution in [0.4, 0.5) is 4.39 Å². The van der Waals surface area contributed by atoms with Gasteiger partial charge in [-0.25, -0.2) is 9.87 Å². The Morgan fingerprint density at radius 1 is 1.10 bits per heavy atom. The monoisotopic (exact) mass is 556 g/mol. The lowest BCUT2D eigenvalue weighted by atomic mass is 9.92. The summed E-state index contributed by atoms with van der Waals surface area (Å²) in [5.74, 6) is 0.132. The molecule has 0 saturated heterocycles. The van der Waals surface area contributed by atoms with Crippen molar-refractivity contribution in [1.29, 1.82) is 0 Å². The number of carbonyl (C=O) groups excluding carboxylic acids is 1. The summed E-state index contributed by atoms with van der Waals surface area (Å²) in [4.78, 5) is 16.9. The largest absolute Gasteiger partial charge is 0.497 e. The van der Waals surface area contributed by atoms with Gasteiger partial charge in [0.2, 0.25) is 5.91 Å². The van der Waals surface area contributed by atoms with Crippen LogP contribution in [0.2, 0.25) is 0 Å². The first kappa shape index (κ1) is 28.4. The number of aliphatic hydroxyl groups excluding tert-OH is 1. The topological polar surface area (TPSA) is 101 Å². The smallest absolute Gasteiger partial charge is 0.245 e. The summed E-state index contributed by atoms with van der Waals surface area (Å²) < 4.78 is 25.0. The van der Waals surface area contributed by atoms with Crippen LogP contribution in [0.15, 0.2) is 78.9 Å². The molecule has 0 radical (unpaired) electrons. The van der Waals surface area contributed by atoms with Gasteiger partial charge < -0.3 is 14.6 Å². The summed E-state index contributed by atoms with van der Waals surface area (Å²) in [7, 11) is 1.59. The lowest BCUT2D eigenvalue weighted by Gasteiger charge is -2.20. The maximum Gasteiger partial charge on any atom is 0.245 e. The second kappa shape index (κ2) is 13.0. The zero-order valence-electron chi connectivity index (χ0n) is 22.8. The number of ether oxygens (including phenoxy) is 2. The fraction of sp³-hybridized carbons (Fsp3) is 0.273. The molecule has 3 N–H and O–H groups in total. The van der Waals surface area contributed by atoms with Crippen molar-refractivity contribution in [3.63, 3.8) is 0 Å². The normalized spacial score (nSPS) is 14.7. The average molecular weight is 557 g/mol. The van der Waals surface area contributed by atoms with Crippen molar-refractivity contribution in [3.8, 4) is 16.9 Å². The molecule has 1 amide bonds. The number of nitrogens with zero attached hydrogens (tertiary/aromatic N) is 1. The molecule has 3 aromatic carbocycles. The van der Waals surface area contributed by atoms with Gasteiger partial charge in [-0.1, -0.05) is 54.6 Å². The van der Waals surface area contributed by atoms with E-state index in [1.54, 1.807) is 30.8 Å². The molecular formula is C33H33FN2O5. The molecule has 8 heteroatoms. The molecule has 1 aromatic heterocycles. The molecule has 5 rings (SSSR count). The van der Waals surface area contributed by atoms with Gasteiger partial charge in [-0.2, -0.15) is 0 Å². The quantitative estimate of drug-likeness (QED) is 0.143. The molecule has 1 saturated carbocycles. The maximum atomic E-state index is 13.8. The van der Waals surface area contributed by atoms with Crippen molar-refractivity contribution in [2.45, 2.75) is 50.4 Å². The Morgan fingerprint density at radius 2 is 1.83 bits per heavy atom. The maximum absolute atomic E-state index is 13.8. The predicted molar refractivity (Wildman–Crippen MR) is 155 cm³/mol. The first-order valence-electron chi connectivity index (χ1n) is 13.7. The van der Waals surface area contributed by atoms with Gasteiger partial charge in [-0.05, 0) is 54.3 Å². The van der Waals surface area contributed by atoms with Crippen LogP contribution in [0.5, 0.6) is 5.75 Å². The van der Waals surface area contributed by atoms with E-state index < -0.39 is 18.1 Å². The van der Waals surface area contributed by atoms with Crippen LogP contribution < -0.4 is 10.2 Å². The van der Waals surface area contributed by atoms with Crippen LogP contribution in [0.3, 0.4) is 0 Å². The zero-order chi connectivity index (χ0) is 28.8. The number of carbonyl (C=O) groups is 1. The highest BCUT2D eigenvalue weighted by molar-refractivity contribution is 5.99. The van der Waals surface area contributed by atoms with E-state index in [4.69, 9.17) is 19.7 Å². The van der Waals surface area contributed by atoms with E-state index in [1.807, 2.05) is 54.6 Å². The van der Waals surface area contributed by atoms with Crippen molar-refractivity contribution in [2.24, 2.45) is 0 Å². The van der Waals surface area contributed by atoms with E-state index in [-0.39, 0.29) is 25.3 Å². The highest BCUT2D eigenvalue weighted by atomic mass is 19.1.